The molecule has 3 rings (SSSR count). The van der Waals surface area contributed by atoms with E-state index in [0.29, 0.717) is 13.0 Å². The Hall–Kier alpha value is -2.21. The zero-order valence-electron chi connectivity index (χ0n) is 11.6. The second-order valence-corrected chi connectivity index (χ2v) is 5.40. The molecule has 1 aliphatic carbocycles. The number of hydrogen-bond donors (Lipinski definition) is 2. The topological polar surface area (TPSA) is 80.0 Å². The van der Waals surface area contributed by atoms with Gasteiger partial charge in [-0.25, -0.2) is 9.78 Å². The van der Waals surface area contributed by atoms with Gasteiger partial charge in [-0.3, -0.25) is 10.00 Å². The molecular weight excluding hydrogens is 268 g/mol. The molecule has 0 radical (unpaired) electrons. The summed E-state index contributed by atoms with van der Waals surface area (Å²) in [5.74, 6) is -0.847. The van der Waals surface area contributed by atoms with Crippen LogP contribution >= 0.6 is 0 Å². The Kier molecular flexibility index (Phi) is 3.70. The maximum Gasteiger partial charge on any atom is 0.328 e. The lowest BCUT2D eigenvalue weighted by atomic mass is 9.86. The predicted octanol–water partition coefficient (Wildman–Crippen LogP) is 1.40. The molecule has 21 heavy (non-hydrogen) atoms. The summed E-state index contributed by atoms with van der Waals surface area (Å²) >= 11 is 0. The van der Waals surface area contributed by atoms with Gasteiger partial charge in [-0.05, 0) is 18.4 Å². The third-order valence-corrected chi connectivity index (χ3v) is 3.84. The normalized spacial score (nSPS) is 17.3. The highest BCUT2D eigenvalue weighted by Crippen LogP contribution is 2.32. The molecule has 1 saturated carbocycles. The molecule has 6 heteroatoms. The van der Waals surface area contributed by atoms with Crippen molar-refractivity contribution >= 4 is 5.97 Å². The number of carboxylic acid groups (broad SMARTS) is 1. The largest absolute Gasteiger partial charge is 0.480 e. The first kappa shape index (κ1) is 13.8. The van der Waals surface area contributed by atoms with Crippen molar-refractivity contribution in [3.05, 3.63) is 48.5 Å². The van der Waals surface area contributed by atoms with E-state index in [-0.39, 0.29) is 6.04 Å². The molecule has 1 heterocycles. The first-order chi connectivity index (χ1) is 10.2. The maximum absolute atomic E-state index is 12.0. The van der Waals surface area contributed by atoms with E-state index in [1.807, 2.05) is 30.3 Å². The van der Waals surface area contributed by atoms with E-state index in [4.69, 9.17) is 0 Å². The molecule has 1 unspecified atom stereocenters. The number of rotatable bonds is 7. The van der Waals surface area contributed by atoms with E-state index < -0.39 is 11.5 Å². The minimum Gasteiger partial charge on any atom is -0.480 e. The maximum atomic E-state index is 12.0. The van der Waals surface area contributed by atoms with Gasteiger partial charge in [0.1, 0.15) is 18.2 Å². The van der Waals surface area contributed by atoms with Gasteiger partial charge in [-0.1, -0.05) is 30.3 Å². The van der Waals surface area contributed by atoms with Crippen molar-refractivity contribution in [2.45, 2.75) is 37.4 Å². The quantitative estimate of drug-likeness (QED) is 0.804. The fourth-order valence-electron chi connectivity index (χ4n) is 2.52. The molecular formula is C15H18N4O2. The third kappa shape index (κ3) is 2.95. The SMILES string of the molecule is O=C(O)C(CCn1cncn1)(NC1CC1)c1ccccc1. The number of benzene rings is 1. The van der Waals surface area contributed by atoms with Crippen LogP contribution in [-0.2, 0) is 16.9 Å². The Labute approximate surface area is 122 Å². The van der Waals surface area contributed by atoms with Gasteiger partial charge in [0.15, 0.2) is 0 Å². The van der Waals surface area contributed by atoms with Gasteiger partial charge in [0.2, 0.25) is 0 Å². The average Bonchev–Trinajstić information content (AvgIpc) is 3.16. The van der Waals surface area contributed by atoms with Crippen LogP contribution in [0.5, 0.6) is 0 Å². The number of nitrogens with zero attached hydrogens (tertiary/aromatic N) is 3. The van der Waals surface area contributed by atoms with Gasteiger partial charge in [0.05, 0.1) is 0 Å². The summed E-state index contributed by atoms with van der Waals surface area (Å²) in [5, 5.41) is 17.2. The number of carbonyl (C=O) groups is 1. The second-order valence-electron chi connectivity index (χ2n) is 5.40. The molecule has 1 aromatic carbocycles. The molecule has 1 aliphatic rings. The molecule has 2 aromatic rings. The Morgan fingerprint density at radius 2 is 2.14 bits per heavy atom. The van der Waals surface area contributed by atoms with Gasteiger partial charge < -0.3 is 5.11 Å². The molecule has 0 spiro atoms. The van der Waals surface area contributed by atoms with Crippen LogP contribution in [0.1, 0.15) is 24.8 Å². The van der Waals surface area contributed by atoms with Gasteiger partial charge in [-0.2, -0.15) is 5.10 Å². The van der Waals surface area contributed by atoms with Crippen molar-refractivity contribution in [3.8, 4) is 0 Å². The number of aryl methyl sites for hydroxylation is 1. The highest BCUT2D eigenvalue weighted by Gasteiger charge is 2.43. The number of aliphatic carboxylic acids is 1. The Bertz CT molecular complexity index is 595. The molecule has 1 atom stereocenters. The molecule has 0 saturated heterocycles. The standard InChI is InChI=1S/C15H18N4O2/c20-14(21)15(18-13-6-7-13,12-4-2-1-3-5-12)8-9-19-11-16-10-17-19/h1-5,10-11,13,18H,6-9H2,(H,20,21). The first-order valence-electron chi connectivity index (χ1n) is 7.10. The molecule has 1 fully saturated rings. The van der Waals surface area contributed by atoms with Crippen molar-refractivity contribution in [1.29, 1.82) is 0 Å². The summed E-state index contributed by atoms with van der Waals surface area (Å²) in [6.45, 7) is 0.501. The number of carboxylic acids is 1. The van der Waals surface area contributed by atoms with E-state index in [1.54, 1.807) is 11.0 Å². The zero-order valence-corrected chi connectivity index (χ0v) is 11.6. The smallest absolute Gasteiger partial charge is 0.328 e. The van der Waals surface area contributed by atoms with Crippen molar-refractivity contribution in [1.82, 2.24) is 20.1 Å². The number of hydrogen-bond acceptors (Lipinski definition) is 4. The fraction of sp³-hybridized carbons (Fsp3) is 0.400. The van der Waals surface area contributed by atoms with Crippen LogP contribution in [-0.4, -0.2) is 31.9 Å². The molecule has 0 bridgehead atoms. The second kappa shape index (κ2) is 5.65. The molecule has 6 nitrogen and oxygen atoms in total. The van der Waals surface area contributed by atoms with Crippen LogP contribution in [0.15, 0.2) is 43.0 Å². The Morgan fingerprint density at radius 3 is 2.71 bits per heavy atom. The molecule has 1 aromatic heterocycles. The van der Waals surface area contributed by atoms with Crippen LogP contribution < -0.4 is 5.32 Å². The lowest BCUT2D eigenvalue weighted by molar-refractivity contribution is -0.146. The van der Waals surface area contributed by atoms with Gasteiger partial charge in [0, 0.05) is 19.0 Å². The average molecular weight is 286 g/mol. The van der Waals surface area contributed by atoms with E-state index in [2.05, 4.69) is 15.4 Å². The molecule has 0 amide bonds. The van der Waals surface area contributed by atoms with Crippen LogP contribution in [0.3, 0.4) is 0 Å². The van der Waals surface area contributed by atoms with Crippen LogP contribution in [0.2, 0.25) is 0 Å². The van der Waals surface area contributed by atoms with Crippen molar-refractivity contribution in [2.24, 2.45) is 0 Å². The molecule has 0 aliphatic heterocycles. The lowest BCUT2D eigenvalue weighted by Gasteiger charge is -2.31. The third-order valence-electron chi connectivity index (χ3n) is 3.84. The summed E-state index contributed by atoms with van der Waals surface area (Å²) in [7, 11) is 0. The summed E-state index contributed by atoms with van der Waals surface area (Å²) in [4.78, 5) is 15.9. The Balaban J connectivity index is 1.89. The summed E-state index contributed by atoms with van der Waals surface area (Å²) in [6, 6.07) is 9.66. The van der Waals surface area contributed by atoms with Crippen molar-refractivity contribution < 1.29 is 9.90 Å². The van der Waals surface area contributed by atoms with Gasteiger partial charge >= 0.3 is 5.97 Å². The lowest BCUT2D eigenvalue weighted by Crippen LogP contribution is -2.51. The van der Waals surface area contributed by atoms with Crippen molar-refractivity contribution in [3.63, 3.8) is 0 Å². The molecule has 2 N–H and O–H groups in total. The van der Waals surface area contributed by atoms with E-state index in [1.165, 1.54) is 6.33 Å². The summed E-state index contributed by atoms with van der Waals surface area (Å²) < 4.78 is 1.66. The Morgan fingerprint density at radius 1 is 1.38 bits per heavy atom. The number of nitrogens with one attached hydrogen (secondary N) is 1. The summed E-state index contributed by atoms with van der Waals surface area (Å²) in [6.07, 6.45) is 5.55. The monoisotopic (exact) mass is 286 g/mol. The van der Waals surface area contributed by atoms with Crippen LogP contribution in [0.4, 0.5) is 0 Å². The number of aromatic nitrogens is 3. The molecule has 110 valence electrons. The van der Waals surface area contributed by atoms with Crippen LogP contribution in [0, 0.1) is 0 Å². The minimum atomic E-state index is -1.08. The van der Waals surface area contributed by atoms with E-state index >= 15 is 0 Å². The predicted molar refractivity (Wildman–Crippen MR) is 76.6 cm³/mol. The summed E-state index contributed by atoms with van der Waals surface area (Å²) in [5.41, 5.74) is -0.293. The van der Waals surface area contributed by atoms with Gasteiger partial charge in [0.25, 0.3) is 0 Å². The van der Waals surface area contributed by atoms with E-state index in [9.17, 15) is 9.90 Å². The minimum absolute atomic E-state index is 0.289. The zero-order chi connectivity index (χ0) is 14.7. The highest BCUT2D eigenvalue weighted by molar-refractivity contribution is 5.81. The highest BCUT2D eigenvalue weighted by atomic mass is 16.4. The van der Waals surface area contributed by atoms with Gasteiger partial charge in [-0.15, -0.1) is 0 Å². The van der Waals surface area contributed by atoms with Crippen molar-refractivity contribution in [2.75, 3.05) is 0 Å². The van der Waals surface area contributed by atoms with E-state index in [0.717, 1.165) is 18.4 Å². The first-order valence-corrected chi connectivity index (χ1v) is 7.10. The fourth-order valence-corrected chi connectivity index (χ4v) is 2.52. The van der Waals surface area contributed by atoms with Crippen LogP contribution in [0.25, 0.3) is 0 Å².